The number of amides is 1. The second-order valence-corrected chi connectivity index (χ2v) is 5.17. The first kappa shape index (κ1) is 16.0. The van der Waals surface area contributed by atoms with Gasteiger partial charge in [0.05, 0.1) is 0 Å². The fourth-order valence-corrected chi connectivity index (χ4v) is 2.07. The van der Waals surface area contributed by atoms with E-state index in [9.17, 15) is 9.59 Å². The first-order valence-electron chi connectivity index (χ1n) is 6.67. The average Bonchev–Trinajstić information content (AvgIpc) is 2.40. The molecule has 1 unspecified atom stereocenters. The van der Waals surface area contributed by atoms with Gasteiger partial charge < -0.3 is 15.3 Å². The van der Waals surface area contributed by atoms with Gasteiger partial charge in [0.15, 0.2) is 0 Å². The van der Waals surface area contributed by atoms with Crippen molar-refractivity contribution in [1.82, 2.24) is 5.32 Å². The second kappa shape index (κ2) is 6.41. The highest BCUT2D eigenvalue weighted by atomic mass is 16.4. The molecule has 0 saturated heterocycles. The minimum absolute atomic E-state index is 0.307. The minimum atomic E-state index is -1.04. The maximum Gasteiger partial charge on any atom is 0.325 e. The van der Waals surface area contributed by atoms with Crippen molar-refractivity contribution in [2.75, 3.05) is 11.4 Å². The number of nitrogens with one attached hydrogen (secondary N) is 1. The number of anilines is 1. The van der Waals surface area contributed by atoms with Crippen LogP contribution in [0.2, 0.25) is 0 Å². The molecule has 0 spiro atoms. The van der Waals surface area contributed by atoms with Gasteiger partial charge in [-0.3, -0.25) is 9.59 Å². The molecule has 0 aliphatic carbocycles. The zero-order valence-electron chi connectivity index (χ0n) is 12.4. The predicted octanol–water partition coefficient (Wildman–Crippen LogP) is 1.88. The number of aliphatic carboxylic acids is 1. The molecule has 0 bridgehead atoms. The molecule has 1 atom stereocenters. The van der Waals surface area contributed by atoms with Gasteiger partial charge in [0.25, 0.3) is 0 Å². The van der Waals surface area contributed by atoms with Crippen molar-refractivity contribution in [3.8, 4) is 0 Å². The van der Waals surface area contributed by atoms with Crippen LogP contribution in [-0.4, -0.2) is 35.1 Å². The van der Waals surface area contributed by atoms with E-state index in [4.69, 9.17) is 5.11 Å². The lowest BCUT2D eigenvalue weighted by molar-refractivity contribution is -0.142. The van der Waals surface area contributed by atoms with Gasteiger partial charge in [-0.1, -0.05) is 18.2 Å². The molecule has 5 heteroatoms. The van der Waals surface area contributed by atoms with E-state index in [1.54, 1.807) is 13.8 Å². The fraction of sp³-hybridized carbons (Fsp3) is 0.467. The summed E-state index contributed by atoms with van der Waals surface area (Å²) in [6.07, 6.45) is 0. The van der Waals surface area contributed by atoms with Crippen LogP contribution >= 0.6 is 0 Å². The number of nitrogens with zero attached hydrogens (tertiary/aromatic N) is 1. The predicted molar refractivity (Wildman–Crippen MR) is 78.8 cm³/mol. The first-order valence-corrected chi connectivity index (χ1v) is 6.67. The van der Waals surface area contributed by atoms with Crippen molar-refractivity contribution in [1.29, 1.82) is 0 Å². The topological polar surface area (TPSA) is 69.6 Å². The first-order chi connectivity index (χ1) is 9.30. The Kier molecular flexibility index (Phi) is 5.13. The van der Waals surface area contributed by atoms with Gasteiger partial charge in [0.1, 0.15) is 11.6 Å². The Labute approximate surface area is 119 Å². The summed E-state index contributed by atoms with van der Waals surface area (Å²) in [5.74, 6) is -1.35. The molecule has 2 N–H and O–H groups in total. The van der Waals surface area contributed by atoms with Gasteiger partial charge in [0, 0.05) is 12.2 Å². The summed E-state index contributed by atoms with van der Waals surface area (Å²) >= 11 is 0. The maximum absolute atomic E-state index is 12.3. The maximum atomic E-state index is 12.3. The van der Waals surface area contributed by atoms with Crippen LogP contribution in [0, 0.1) is 0 Å². The smallest absolute Gasteiger partial charge is 0.325 e. The molecule has 0 radical (unpaired) electrons. The number of likely N-dealkylation sites (N-methyl/N-ethyl adjacent to an activating group) is 1. The molecule has 1 rings (SSSR count). The SMILES string of the molecule is CCN(c1ccccc1)C(C)(C)C(=O)NC(C)C(=O)O. The lowest BCUT2D eigenvalue weighted by Gasteiger charge is -2.38. The third-order valence-corrected chi connectivity index (χ3v) is 3.33. The van der Waals surface area contributed by atoms with Crippen molar-refractivity contribution in [2.24, 2.45) is 0 Å². The molecule has 0 aliphatic heterocycles. The summed E-state index contributed by atoms with van der Waals surface area (Å²) < 4.78 is 0. The summed E-state index contributed by atoms with van der Waals surface area (Å²) in [7, 11) is 0. The number of carbonyl (C=O) groups excluding carboxylic acids is 1. The van der Waals surface area contributed by atoms with Crippen molar-refractivity contribution in [3.63, 3.8) is 0 Å². The van der Waals surface area contributed by atoms with Gasteiger partial charge in [-0.2, -0.15) is 0 Å². The Morgan fingerprint density at radius 1 is 1.30 bits per heavy atom. The number of carboxylic acids is 1. The highest BCUT2D eigenvalue weighted by Crippen LogP contribution is 2.23. The fourth-order valence-electron chi connectivity index (χ4n) is 2.07. The van der Waals surface area contributed by atoms with Crippen molar-refractivity contribution < 1.29 is 14.7 Å². The molecule has 5 nitrogen and oxygen atoms in total. The number of rotatable bonds is 6. The summed E-state index contributed by atoms with van der Waals surface area (Å²) in [5, 5.41) is 11.4. The molecule has 1 aromatic rings. The zero-order chi connectivity index (χ0) is 15.3. The van der Waals surface area contributed by atoms with Gasteiger partial charge in [-0.15, -0.1) is 0 Å². The van der Waals surface area contributed by atoms with Crippen LogP contribution in [0.5, 0.6) is 0 Å². The van der Waals surface area contributed by atoms with E-state index in [1.807, 2.05) is 42.2 Å². The lowest BCUT2D eigenvalue weighted by Crippen LogP contribution is -2.57. The van der Waals surface area contributed by atoms with Crippen LogP contribution in [0.1, 0.15) is 27.7 Å². The van der Waals surface area contributed by atoms with E-state index in [-0.39, 0.29) is 5.91 Å². The summed E-state index contributed by atoms with van der Waals surface area (Å²) in [6.45, 7) is 7.63. The Morgan fingerprint density at radius 3 is 2.30 bits per heavy atom. The molecule has 0 aliphatic rings. The van der Waals surface area contributed by atoms with Gasteiger partial charge in [-0.05, 0) is 39.8 Å². The van der Waals surface area contributed by atoms with E-state index < -0.39 is 17.6 Å². The summed E-state index contributed by atoms with van der Waals surface area (Å²) in [6, 6.07) is 8.68. The van der Waals surface area contributed by atoms with E-state index >= 15 is 0 Å². The van der Waals surface area contributed by atoms with Crippen LogP contribution in [-0.2, 0) is 9.59 Å². The van der Waals surface area contributed by atoms with Crippen molar-refractivity contribution in [2.45, 2.75) is 39.3 Å². The number of hydrogen-bond donors (Lipinski definition) is 2. The van der Waals surface area contributed by atoms with Crippen LogP contribution in [0.3, 0.4) is 0 Å². The Bertz CT molecular complexity index is 471. The summed E-state index contributed by atoms with van der Waals surface area (Å²) in [4.78, 5) is 25.1. The van der Waals surface area contributed by atoms with Crippen molar-refractivity contribution in [3.05, 3.63) is 30.3 Å². The van der Waals surface area contributed by atoms with Crippen LogP contribution in [0.25, 0.3) is 0 Å². The van der Waals surface area contributed by atoms with Gasteiger partial charge >= 0.3 is 5.97 Å². The third-order valence-electron chi connectivity index (χ3n) is 3.33. The molecule has 1 amide bonds. The third kappa shape index (κ3) is 3.50. The van der Waals surface area contributed by atoms with Gasteiger partial charge in [-0.25, -0.2) is 0 Å². The molecule has 0 heterocycles. The number of benzene rings is 1. The number of hydrogen-bond acceptors (Lipinski definition) is 3. The average molecular weight is 278 g/mol. The molecule has 20 heavy (non-hydrogen) atoms. The lowest BCUT2D eigenvalue weighted by atomic mass is 9.99. The minimum Gasteiger partial charge on any atom is -0.480 e. The Balaban J connectivity index is 2.95. The van der Waals surface area contributed by atoms with E-state index in [1.165, 1.54) is 6.92 Å². The largest absolute Gasteiger partial charge is 0.480 e. The highest BCUT2D eigenvalue weighted by molar-refractivity contribution is 5.92. The van der Waals surface area contributed by atoms with Crippen LogP contribution in [0.15, 0.2) is 30.3 Å². The molecular weight excluding hydrogens is 256 g/mol. The van der Waals surface area contributed by atoms with E-state index in [0.29, 0.717) is 6.54 Å². The second-order valence-electron chi connectivity index (χ2n) is 5.17. The Morgan fingerprint density at radius 2 is 1.85 bits per heavy atom. The number of para-hydroxylation sites is 1. The van der Waals surface area contributed by atoms with E-state index in [0.717, 1.165) is 5.69 Å². The monoisotopic (exact) mass is 278 g/mol. The van der Waals surface area contributed by atoms with Crippen LogP contribution in [0.4, 0.5) is 5.69 Å². The highest BCUT2D eigenvalue weighted by Gasteiger charge is 2.35. The van der Waals surface area contributed by atoms with Gasteiger partial charge in [0.2, 0.25) is 5.91 Å². The number of carbonyl (C=O) groups is 2. The molecule has 110 valence electrons. The molecule has 0 aromatic heterocycles. The van der Waals surface area contributed by atoms with Crippen molar-refractivity contribution >= 4 is 17.6 Å². The zero-order valence-corrected chi connectivity index (χ0v) is 12.4. The molecular formula is C15H22N2O3. The van der Waals surface area contributed by atoms with Crippen LogP contribution < -0.4 is 10.2 Å². The van der Waals surface area contributed by atoms with E-state index in [2.05, 4.69) is 5.32 Å². The molecule has 0 fully saturated rings. The quantitative estimate of drug-likeness (QED) is 0.833. The summed E-state index contributed by atoms with van der Waals surface area (Å²) in [5.41, 5.74) is 0.0953. The normalized spacial score (nSPS) is 12.6. The Hall–Kier alpha value is -2.04. The molecule has 1 aromatic carbocycles. The standard InChI is InChI=1S/C15H22N2O3/c1-5-17(12-9-7-6-8-10-12)15(3,4)14(20)16-11(2)13(18)19/h6-11H,5H2,1-4H3,(H,16,20)(H,18,19). The molecule has 0 saturated carbocycles. The number of carboxylic acid groups (broad SMARTS) is 1.